The fourth-order valence-corrected chi connectivity index (χ4v) is 4.68. The number of ether oxygens (including phenoxy) is 1. The Morgan fingerprint density at radius 2 is 1.56 bits per heavy atom. The van der Waals surface area contributed by atoms with E-state index in [4.69, 9.17) is 4.74 Å². The number of thioether (sulfide) groups is 2. The van der Waals surface area contributed by atoms with E-state index < -0.39 is 0 Å². The highest BCUT2D eigenvalue weighted by Gasteiger charge is 2.18. The molecule has 2 aliphatic rings. The number of carbonyl (C=O) groups excluding carboxylic acids is 1. The van der Waals surface area contributed by atoms with Crippen LogP contribution < -0.4 is 5.32 Å². The quantitative estimate of drug-likeness (QED) is 0.553. The van der Waals surface area contributed by atoms with Crippen LogP contribution in [-0.2, 0) is 4.74 Å². The van der Waals surface area contributed by atoms with Crippen LogP contribution in [0.4, 0.5) is 4.79 Å². The summed E-state index contributed by atoms with van der Waals surface area (Å²) in [7, 11) is 1.42. The van der Waals surface area contributed by atoms with Crippen molar-refractivity contribution in [3.63, 3.8) is 0 Å². The number of rotatable bonds is 4. The largest absolute Gasteiger partial charge is 0.453 e. The first-order valence-electron chi connectivity index (χ1n) is 10.8. The third kappa shape index (κ3) is 6.92. The molecule has 2 aromatic carbocycles. The smallest absolute Gasteiger partial charge is 0.409 e. The summed E-state index contributed by atoms with van der Waals surface area (Å²) in [5.74, 6) is 0. The van der Waals surface area contributed by atoms with Crippen LogP contribution in [-0.4, -0.2) is 56.8 Å². The molecule has 0 spiro atoms. The maximum Gasteiger partial charge on any atom is 0.409 e. The highest BCUT2D eigenvalue weighted by molar-refractivity contribution is 7.98. The van der Waals surface area contributed by atoms with Gasteiger partial charge >= 0.3 is 6.09 Å². The minimum atomic E-state index is -0.247. The third-order valence-corrected chi connectivity index (χ3v) is 7.04. The van der Waals surface area contributed by atoms with Crippen molar-refractivity contribution in [1.29, 1.82) is 0 Å². The Morgan fingerprint density at radius 1 is 0.938 bits per heavy atom. The first-order chi connectivity index (χ1) is 15.6. The predicted molar refractivity (Wildman–Crippen MR) is 138 cm³/mol. The molecule has 1 N–H and O–H groups in total. The maximum atomic E-state index is 11.4. The highest BCUT2D eigenvalue weighted by Crippen LogP contribution is 2.26. The number of methoxy groups -OCH3 is 1. The minimum absolute atomic E-state index is 0.247. The van der Waals surface area contributed by atoms with E-state index in [0.717, 1.165) is 32.5 Å². The molecule has 0 radical (unpaired) electrons. The second kappa shape index (κ2) is 12.8. The number of carbonyl (C=O) groups is 1. The van der Waals surface area contributed by atoms with E-state index in [1.165, 1.54) is 39.2 Å². The Hall–Kier alpha value is -2.15. The molecule has 0 aliphatic carbocycles. The van der Waals surface area contributed by atoms with Crippen LogP contribution in [0.2, 0.25) is 0 Å². The van der Waals surface area contributed by atoms with Gasteiger partial charge in [0.2, 0.25) is 0 Å². The molecule has 0 atom stereocenters. The molecule has 0 bridgehead atoms. The van der Waals surface area contributed by atoms with Crippen LogP contribution in [0.5, 0.6) is 0 Å². The zero-order valence-electron chi connectivity index (χ0n) is 19.1. The Kier molecular flexibility index (Phi) is 9.78. The molecule has 0 fully saturated rings. The van der Waals surface area contributed by atoms with Crippen molar-refractivity contribution in [2.24, 2.45) is 0 Å². The van der Waals surface area contributed by atoms with Crippen molar-refractivity contribution in [3.8, 4) is 0 Å². The van der Waals surface area contributed by atoms with E-state index in [1.54, 1.807) is 28.4 Å². The van der Waals surface area contributed by atoms with Crippen molar-refractivity contribution < 1.29 is 9.53 Å². The molecule has 2 aromatic rings. The molecule has 2 aliphatic heterocycles. The summed E-state index contributed by atoms with van der Waals surface area (Å²) in [6.07, 6.45) is 10.4. The van der Waals surface area contributed by atoms with Gasteiger partial charge in [-0.1, -0.05) is 36.4 Å². The van der Waals surface area contributed by atoms with Gasteiger partial charge in [-0.3, -0.25) is 0 Å². The van der Waals surface area contributed by atoms with Gasteiger partial charge in [-0.25, -0.2) is 4.79 Å². The van der Waals surface area contributed by atoms with Crippen LogP contribution in [0.3, 0.4) is 0 Å². The van der Waals surface area contributed by atoms with Crippen molar-refractivity contribution in [2.75, 3.05) is 45.8 Å². The number of nitrogens with zero attached hydrogens (tertiary/aromatic N) is 1. The van der Waals surface area contributed by atoms with E-state index in [9.17, 15) is 4.79 Å². The zero-order chi connectivity index (χ0) is 22.8. The first kappa shape index (κ1) is 24.5. The standard InChI is InChI=1S/C14H17NO2S.C12H15NS/c1-17-14(16)15-8-6-11(7-9-15)12-4-3-5-13(10-12)18-2;1-14-12-4-2-3-11(9-12)10-5-7-13-8-6-10/h3-6,10H,7-9H2,1-2H3;2-5,9,13H,6-8H2,1H3. The number of hydrogen-bond acceptors (Lipinski definition) is 5. The van der Waals surface area contributed by atoms with Crippen LogP contribution in [0.25, 0.3) is 11.1 Å². The fraction of sp³-hybridized carbons (Fsp3) is 0.346. The summed E-state index contributed by atoms with van der Waals surface area (Å²) in [5, 5.41) is 3.33. The lowest BCUT2D eigenvalue weighted by Crippen LogP contribution is -2.34. The van der Waals surface area contributed by atoms with Crippen LogP contribution in [0, 0.1) is 0 Å². The molecule has 6 heteroatoms. The lowest BCUT2D eigenvalue weighted by atomic mass is 10.00. The van der Waals surface area contributed by atoms with E-state index in [1.807, 2.05) is 0 Å². The van der Waals surface area contributed by atoms with Gasteiger partial charge in [0.25, 0.3) is 0 Å². The molecule has 0 saturated heterocycles. The maximum absolute atomic E-state index is 11.4. The Morgan fingerprint density at radius 3 is 2.03 bits per heavy atom. The first-order valence-corrected chi connectivity index (χ1v) is 13.3. The molecule has 4 rings (SSSR count). The monoisotopic (exact) mass is 468 g/mol. The highest BCUT2D eigenvalue weighted by atomic mass is 32.2. The van der Waals surface area contributed by atoms with E-state index in [-0.39, 0.29) is 6.09 Å². The van der Waals surface area contributed by atoms with E-state index in [2.05, 4.69) is 78.5 Å². The van der Waals surface area contributed by atoms with Crippen LogP contribution in [0.15, 0.2) is 70.5 Å². The van der Waals surface area contributed by atoms with Gasteiger partial charge in [0.1, 0.15) is 0 Å². The molecular formula is C26H32N2O2S2. The lowest BCUT2D eigenvalue weighted by molar-refractivity contribution is 0.128. The minimum Gasteiger partial charge on any atom is -0.453 e. The lowest BCUT2D eigenvalue weighted by Gasteiger charge is -2.25. The zero-order valence-corrected chi connectivity index (χ0v) is 20.7. The molecule has 2 heterocycles. The average Bonchev–Trinajstić information content (AvgIpc) is 2.89. The summed E-state index contributed by atoms with van der Waals surface area (Å²) >= 11 is 3.55. The molecule has 0 aromatic heterocycles. The summed E-state index contributed by atoms with van der Waals surface area (Å²) in [5.41, 5.74) is 5.44. The summed E-state index contributed by atoms with van der Waals surface area (Å²) in [6, 6.07) is 17.3. The van der Waals surface area contributed by atoms with Gasteiger partial charge in [0.15, 0.2) is 0 Å². The molecule has 1 amide bonds. The van der Waals surface area contributed by atoms with E-state index >= 15 is 0 Å². The summed E-state index contributed by atoms with van der Waals surface area (Å²) in [6.45, 7) is 3.47. The van der Waals surface area contributed by atoms with Gasteiger partial charge in [-0.05, 0) is 78.4 Å². The number of hydrogen-bond donors (Lipinski definition) is 1. The van der Waals surface area contributed by atoms with Crippen molar-refractivity contribution in [3.05, 3.63) is 71.8 Å². The molecule has 32 heavy (non-hydrogen) atoms. The number of nitrogens with one attached hydrogen (secondary N) is 1. The van der Waals surface area contributed by atoms with Gasteiger partial charge in [-0.15, -0.1) is 23.5 Å². The van der Waals surface area contributed by atoms with Crippen molar-refractivity contribution >= 4 is 40.8 Å². The van der Waals surface area contributed by atoms with Crippen LogP contribution in [0.1, 0.15) is 24.0 Å². The Bertz CT molecular complexity index is 972. The molecule has 4 nitrogen and oxygen atoms in total. The van der Waals surface area contributed by atoms with Crippen molar-refractivity contribution in [1.82, 2.24) is 10.2 Å². The van der Waals surface area contributed by atoms with Gasteiger partial charge in [-0.2, -0.15) is 0 Å². The summed E-state index contributed by atoms with van der Waals surface area (Å²) in [4.78, 5) is 15.7. The normalized spacial score (nSPS) is 15.8. The second-order valence-corrected chi connectivity index (χ2v) is 9.30. The Balaban J connectivity index is 0.000000186. The average molecular weight is 469 g/mol. The topological polar surface area (TPSA) is 41.6 Å². The molecule has 0 unspecified atom stereocenters. The van der Waals surface area contributed by atoms with Gasteiger partial charge in [0.05, 0.1) is 7.11 Å². The number of benzene rings is 2. The van der Waals surface area contributed by atoms with Crippen LogP contribution >= 0.6 is 23.5 Å². The number of amides is 1. The SMILES string of the molecule is COC(=O)N1CC=C(c2cccc(SC)c2)CC1.CSc1cccc(C2=CCNCC2)c1. The van der Waals surface area contributed by atoms with E-state index in [0.29, 0.717) is 6.54 Å². The predicted octanol–water partition coefficient (Wildman–Crippen LogP) is 6.05. The molecule has 0 saturated carbocycles. The van der Waals surface area contributed by atoms with Crippen molar-refractivity contribution in [2.45, 2.75) is 22.6 Å². The second-order valence-electron chi connectivity index (χ2n) is 7.54. The molecular weight excluding hydrogens is 436 g/mol. The molecule has 170 valence electrons. The summed E-state index contributed by atoms with van der Waals surface area (Å²) < 4.78 is 4.72. The third-order valence-electron chi connectivity index (χ3n) is 5.59. The van der Waals surface area contributed by atoms with Gasteiger partial charge < -0.3 is 15.0 Å². The Labute approximate surface area is 200 Å². The fourth-order valence-electron chi connectivity index (χ4n) is 3.76. The van der Waals surface area contributed by atoms with Gasteiger partial charge in [0, 0.05) is 29.4 Å².